The maximum Gasteiger partial charge on any atom is 0.262 e. The number of rotatable bonds is 14. The Kier molecular flexibility index (Phi) is 10.7. The fraction of sp³-hybridized carbons (Fsp3) is 0.250. The summed E-state index contributed by atoms with van der Waals surface area (Å²) in [6.07, 6.45) is 1.74. The molecule has 0 spiro atoms. The van der Waals surface area contributed by atoms with Crippen LogP contribution in [0.4, 0.5) is 5.69 Å². The van der Waals surface area contributed by atoms with E-state index in [0.717, 1.165) is 39.3 Å². The molecule has 4 aromatic rings. The maximum atomic E-state index is 13.0. The second-order valence-electron chi connectivity index (χ2n) is 12.1. The van der Waals surface area contributed by atoms with E-state index < -0.39 is 29.7 Å². The third kappa shape index (κ3) is 7.61. The van der Waals surface area contributed by atoms with E-state index in [1.807, 2.05) is 42.5 Å². The van der Waals surface area contributed by atoms with Crippen molar-refractivity contribution >= 4 is 40.5 Å². The van der Waals surface area contributed by atoms with Crippen molar-refractivity contribution in [1.82, 2.24) is 10.2 Å². The number of nitrogens with zero attached hydrogens (tertiary/aromatic N) is 1. The van der Waals surface area contributed by atoms with Crippen molar-refractivity contribution in [1.29, 1.82) is 0 Å². The van der Waals surface area contributed by atoms with Gasteiger partial charge in [-0.25, -0.2) is 0 Å². The smallest absolute Gasteiger partial charge is 0.262 e. The molecule has 3 N–H and O–H groups in total. The Balaban J connectivity index is 0.964. The number of anilines is 1. The molecule has 0 aliphatic carbocycles. The molecule has 6 rings (SSSR count). The molecule has 10 nitrogen and oxygen atoms in total. The van der Waals surface area contributed by atoms with Crippen LogP contribution < -0.4 is 15.4 Å². The van der Waals surface area contributed by atoms with Gasteiger partial charge in [0.2, 0.25) is 11.8 Å². The monoisotopic (exact) mass is 673 g/mol. The van der Waals surface area contributed by atoms with E-state index in [1.165, 1.54) is 5.57 Å². The summed E-state index contributed by atoms with van der Waals surface area (Å²) in [5.41, 5.74) is 6.72. The lowest BCUT2D eigenvalue weighted by Gasteiger charge is -2.27. The van der Waals surface area contributed by atoms with Gasteiger partial charge >= 0.3 is 0 Å². The molecule has 50 heavy (non-hydrogen) atoms. The number of imide groups is 2. The first kappa shape index (κ1) is 34.1. The van der Waals surface area contributed by atoms with E-state index >= 15 is 0 Å². The molecule has 1 atom stereocenters. The third-order valence-electron chi connectivity index (χ3n) is 8.81. The van der Waals surface area contributed by atoms with Gasteiger partial charge in [-0.2, -0.15) is 0 Å². The number of aromatic hydroxyl groups is 1. The number of benzene rings is 4. The number of piperidine rings is 1. The zero-order valence-corrected chi connectivity index (χ0v) is 27.8. The number of hydrogen-bond acceptors (Lipinski definition) is 8. The second kappa shape index (κ2) is 15.7. The van der Waals surface area contributed by atoms with E-state index in [-0.39, 0.29) is 29.7 Å². The topological polar surface area (TPSA) is 134 Å². The minimum absolute atomic E-state index is 0.0783. The average molecular weight is 674 g/mol. The van der Waals surface area contributed by atoms with Crippen molar-refractivity contribution in [2.24, 2.45) is 0 Å². The minimum atomic E-state index is -0.988. The van der Waals surface area contributed by atoms with Crippen molar-refractivity contribution in [3.63, 3.8) is 0 Å². The first-order valence-corrected chi connectivity index (χ1v) is 16.8. The standard InChI is InChI=1S/C40H39N3O7/c1-2-32(26-7-4-3-5-8-26)37(27-9-14-30(44)15-10-27)28-11-16-31(17-12-28)50-24-23-49-22-6-21-41-29-13-18-33-34(25-29)40(48)43(39(33)47)35-19-20-36(45)42-38(35)46/h3-5,7-18,25,35,41,44H,2,6,19-24H2,1H3,(H,42,45,46)/b37-32-. The Hall–Kier alpha value is -5.74. The summed E-state index contributed by atoms with van der Waals surface area (Å²) in [6, 6.07) is 29.6. The first-order valence-electron chi connectivity index (χ1n) is 16.8. The molecule has 4 aromatic carbocycles. The average Bonchev–Trinajstić information content (AvgIpc) is 3.37. The number of phenolic OH excluding ortho intramolecular Hbond substituents is 1. The van der Waals surface area contributed by atoms with Crippen molar-refractivity contribution in [2.75, 3.05) is 31.7 Å². The number of ether oxygens (including phenoxy) is 2. The molecule has 2 heterocycles. The predicted octanol–water partition coefficient (Wildman–Crippen LogP) is 6.06. The fourth-order valence-electron chi connectivity index (χ4n) is 6.33. The van der Waals surface area contributed by atoms with Crippen LogP contribution in [0.5, 0.6) is 11.5 Å². The summed E-state index contributed by atoms with van der Waals surface area (Å²) < 4.78 is 11.7. The van der Waals surface area contributed by atoms with Crippen LogP contribution in [-0.4, -0.2) is 66.0 Å². The summed E-state index contributed by atoms with van der Waals surface area (Å²) >= 11 is 0. The number of hydrogen-bond donors (Lipinski definition) is 3. The van der Waals surface area contributed by atoms with Crippen LogP contribution in [0.25, 0.3) is 11.1 Å². The molecule has 4 amide bonds. The molecule has 10 heteroatoms. The zero-order valence-electron chi connectivity index (χ0n) is 27.8. The number of carbonyl (C=O) groups is 4. The van der Waals surface area contributed by atoms with Gasteiger partial charge in [0, 0.05) is 25.3 Å². The van der Waals surface area contributed by atoms with Crippen LogP contribution in [0, 0.1) is 0 Å². The van der Waals surface area contributed by atoms with Crippen LogP contribution in [0.2, 0.25) is 0 Å². The molecule has 256 valence electrons. The van der Waals surface area contributed by atoms with Crippen molar-refractivity contribution < 1.29 is 33.8 Å². The van der Waals surface area contributed by atoms with E-state index in [9.17, 15) is 24.3 Å². The lowest BCUT2D eigenvalue weighted by atomic mass is 9.88. The van der Waals surface area contributed by atoms with Gasteiger partial charge in [-0.15, -0.1) is 0 Å². The number of amides is 4. The van der Waals surface area contributed by atoms with E-state index in [2.05, 4.69) is 41.8 Å². The lowest BCUT2D eigenvalue weighted by molar-refractivity contribution is -0.136. The van der Waals surface area contributed by atoms with Crippen LogP contribution in [0.15, 0.2) is 97.1 Å². The molecule has 0 aromatic heterocycles. The summed E-state index contributed by atoms with van der Waals surface area (Å²) in [5, 5.41) is 15.3. The normalized spacial score (nSPS) is 16.2. The molecule has 0 radical (unpaired) electrons. The fourth-order valence-corrected chi connectivity index (χ4v) is 6.33. The van der Waals surface area contributed by atoms with Crippen molar-refractivity contribution in [3.05, 3.63) is 125 Å². The Morgan fingerprint density at radius 2 is 1.52 bits per heavy atom. The highest BCUT2D eigenvalue weighted by molar-refractivity contribution is 6.23. The largest absolute Gasteiger partial charge is 0.508 e. The molecule has 1 fully saturated rings. The van der Waals surface area contributed by atoms with Crippen molar-refractivity contribution in [2.45, 2.75) is 38.6 Å². The van der Waals surface area contributed by atoms with Gasteiger partial charge in [0.1, 0.15) is 24.1 Å². The number of allylic oxidation sites excluding steroid dienone is 1. The zero-order chi connectivity index (χ0) is 35.0. The van der Waals surface area contributed by atoms with Gasteiger partial charge in [-0.05, 0) is 89.6 Å². The Labute approximate surface area is 290 Å². The summed E-state index contributed by atoms with van der Waals surface area (Å²) in [4.78, 5) is 50.7. The van der Waals surface area contributed by atoms with E-state index in [4.69, 9.17) is 9.47 Å². The molecule has 1 unspecified atom stereocenters. The lowest BCUT2D eigenvalue weighted by Crippen LogP contribution is -2.54. The SMILES string of the molecule is CC/C(=C(\c1ccc(O)cc1)c1ccc(OCCOCCCNc2ccc3c(c2)C(=O)N(C2CCC(=O)NC2=O)C3=O)cc1)c1ccccc1. The van der Waals surface area contributed by atoms with Gasteiger partial charge in [0.15, 0.2) is 0 Å². The molecule has 0 bridgehead atoms. The minimum Gasteiger partial charge on any atom is -0.508 e. The highest BCUT2D eigenvalue weighted by Gasteiger charge is 2.44. The van der Waals surface area contributed by atoms with Gasteiger partial charge in [-0.1, -0.05) is 61.5 Å². The highest BCUT2D eigenvalue weighted by Crippen LogP contribution is 2.36. The Morgan fingerprint density at radius 3 is 2.22 bits per heavy atom. The highest BCUT2D eigenvalue weighted by atomic mass is 16.5. The molecular formula is C40H39N3O7. The predicted molar refractivity (Wildman–Crippen MR) is 190 cm³/mol. The first-order chi connectivity index (χ1) is 24.3. The van der Waals surface area contributed by atoms with Gasteiger partial charge in [-0.3, -0.25) is 29.4 Å². The van der Waals surface area contributed by atoms with Crippen molar-refractivity contribution in [3.8, 4) is 11.5 Å². The molecular weight excluding hydrogens is 634 g/mol. The third-order valence-corrected chi connectivity index (χ3v) is 8.81. The van der Waals surface area contributed by atoms with Crippen LogP contribution in [0.3, 0.4) is 0 Å². The van der Waals surface area contributed by atoms with Gasteiger partial charge < -0.3 is 19.9 Å². The van der Waals surface area contributed by atoms with E-state index in [1.54, 1.807) is 30.3 Å². The molecule has 1 saturated heterocycles. The summed E-state index contributed by atoms with van der Waals surface area (Å²) in [6.45, 7) is 4.04. The number of carbonyl (C=O) groups excluding carboxylic acids is 4. The van der Waals surface area contributed by atoms with Crippen LogP contribution in [-0.2, 0) is 14.3 Å². The number of phenols is 1. The van der Waals surface area contributed by atoms with Gasteiger partial charge in [0.05, 0.1) is 17.7 Å². The Bertz CT molecular complexity index is 1900. The maximum absolute atomic E-state index is 13.0. The quantitative estimate of drug-likeness (QED) is 0.0836. The summed E-state index contributed by atoms with van der Waals surface area (Å²) in [5.74, 6) is -1.13. The molecule has 2 aliphatic rings. The van der Waals surface area contributed by atoms with Crippen LogP contribution in [0.1, 0.15) is 70.0 Å². The van der Waals surface area contributed by atoms with E-state index in [0.29, 0.717) is 38.5 Å². The second-order valence-corrected chi connectivity index (χ2v) is 12.1. The number of fused-ring (bicyclic) bond motifs is 1. The Morgan fingerprint density at radius 1 is 0.820 bits per heavy atom. The van der Waals surface area contributed by atoms with Gasteiger partial charge in [0.25, 0.3) is 11.8 Å². The van der Waals surface area contributed by atoms with Crippen LogP contribution >= 0.6 is 0 Å². The molecule has 2 aliphatic heterocycles. The summed E-state index contributed by atoms with van der Waals surface area (Å²) in [7, 11) is 0. The molecule has 0 saturated carbocycles. The number of nitrogens with one attached hydrogen (secondary N) is 2.